The highest BCUT2D eigenvalue weighted by molar-refractivity contribution is 7.14. The number of nitrogens with one attached hydrogen (secondary N) is 2. The molecule has 0 saturated heterocycles. The molecular formula is C21H25N5OS. The van der Waals surface area contributed by atoms with Crippen LogP contribution in [-0.2, 0) is 0 Å². The summed E-state index contributed by atoms with van der Waals surface area (Å²) < 4.78 is 0. The normalized spacial score (nSPS) is 10.6. The monoisotopic (exact) mass is 395 g/mol. The molecule has 0 spiro atoms. The maximum atomic E-state index is 12.6. The lowest BCUT2D eigenvalue weighted by atomic mass is 10.1. The molecule has 3 aromatic rings. The molecule has 28 heavy (non-hydrogen) atoms. The minimum Gasteiger partial charge on any atom is -0.372 e. The van der Waals surface area contributed by atoms with Crippen LogP contribution < -0.4 is 15.5 Å². The SMILES string of the molecule is CCN(CC)c1ccc(NC(=O)c2csc(Nc3cccc(C)n3)n2)c(C)c1. The molecule has 0 aliphatic rings. The topological polar surface area (TPSA) is 70.2 Å². The first-order chi connectivity index (χ1) is 13.5. The van der Waals surface area contributed by atoms with Crippen molar-refractivity contribution in [1.82, 2.24) is 9.97 Å². The molecule has 146 valence electrons. The minimum absolute atomic E-state index is 0.222. The van der Waals surface area contributed by atoms with Crippen LogP contribution in [0.15, 0.2) is 41.8 Å². The molecule has 2 heterocycles. The van der Waals surface area contributed by atoms with E-state index in [1.165, 1.54) is 11.3 Å². The summed E-state index contributed by atoms with van der Waals surface area (Å²) >= 11 is 1.38. The molecule has 2 aromatic heterocycles. The number of amides is 1. The summed E-state index contributed by atoms with van der Waals surface area (Å²) in [6, 6.07) is 11.8. The number of benzene rings is 1. The average molecular weight is 396 g/mol. The predicted octanol–water partition coefficient (Wildman–Crippen LogP) is 5.00. The van der Waals surface area contributed by atoms with Crippen molar-refractivity contribution in [2.24, 2.45) is 0 Å². The first-order valence-corrected chi connectivity index (χ1v) is 10.2. The quantitative estimate of drug-likeness (QED) is 0.589. The molecule has 0 unspecified atom stereocenters. The van der Waals surface area contributed by atoms with Gasteiger partial charge in [0.25, 0.3) is 5.91 Å². The van der Waals surface area contributed by atoms with Gasteiger partial charge in [0.05, 0.1) is 0 Å². The molecule has 0 aliphatic carbocycles. The molecule has 0 bridgehead atoms. The van der Waals surface area contributed by atoms with Crippen molar-refractivity contribution in [1.29, 1.82) is 0 Å². The van der Waals surface area contributed by atoms with Crippen LogP contribution in [0.2, 0.25) is 0 Å². The fourth-order valence-corrected chi connectivity index (χ4v) is 3.62. The number of aryl methyl sites for hydroxylation is 2. The Hall–Kier alpha value is -2.93. The van der Waals surface area contributed by atoms with Crippen LogP contribution in [0.1, 0.15) is 35.6 Å². The van der Waals surface area contributed by atoms with Crippen molar-refractivity contribution in [3.8, 4) is 0 Å². The fraction of sp³-hybridized carbons (Fsp3) is 0.286. The summed E-state index contributed by atoms with van der Waals surface area (Å²) in [6.07, 6.45) is 0. The lowest BCUT2D eigenvalue weighted by Crippen LogP contribution is -2.22. The number of thiazole rings is 1. The number of nitrogens with zero attached hydrogens (tertiary/aromatic N) is 3. The standard InChI is InChI=1S/C21H25N5OS/c1-5-26(6-2)16-10-11-17(14(3)12-16)23-20(27)18-13-28-21(24-18)25-19-9-7-8-15(4)22-19/h7-13H,5-6H2,1-4H3,(H,23,27)(H,22,24,25). The number of pyridine rings is 1. The van der Waals surface area contributed by atoms with E-state index in [1.54, 1.807) is 5.38 Å². The molecule has 7 heteroatoms. The Morgan fingerprint density at radius 3 is 2.57 bits per heavy atom. The van der Waals surface area contributed by atoms with Gasteiger partial charge in [0, 0.05) is 35.5 Å². The Bertz CT molecular complexity index is 965. The summed E-state index contributed by atoms with van der Waals surface area (Å²) in [6.45, 7) is 10.1. The van der Waals surface area contributed by atoms with Gasteiger partial charge in [-0.3, -0.25) is 4.79 Å². The third kappa shape index (κ3) is 4.67. The van der Waals surface area contributed by atoms with E-state index in [4.69, 9.17) is 0 Å². The Morgan fingerprint density at radius 1 is 1.11 bits per heavy atom. The lowest BCUT2D eigenvalue weighted by molar-refractivity contribution is 0.102. The Morgan fingerprint density at radius 2 is 1.89 bits per heavy atom. The number of anilines is 4. The van der Waals surface area contributed by atoms with Gasteiger partial charge in [-0.15, -0.1) is 11.3 Å². The van der Waals surface area contributed by atoms with Gasteiger partial charge in [-0.05, 0) is 63.6 Å². The molecular weight excluding hydrogens is 370 g/mol. The Labute approximate surface area is 169 Å². The zero-order chi connectivity index (χ0) is 20.1. The van der Waals surface area contributed by atoms with Crippen LogP contribution in [0.25, 0.3) is 0 Å². The minimum atomic E-state index is -0.222. The van der Waals surface area contributed by atoms with Crippen molar-refractivity contribution < 1.29 is 4.79 Å². The highest BCUT2D eigenvalue weighted by Gasteiger charge is 2.13. The van der Waals surface area contributed by atoms with E-state index < -0.39 is 0 Å². The lowest BCUT2D eigenvalue weighted by Gasteiger charge is -2.22. The van der Waals surface area contributed by atoms with E-state index in [-0.39, 0.29) is 5.91 Å². The molecule has 1 amide bonds. The first kappa shape index (κ1) is 19.8. The van der Waals surface area contributed by atoms with Gasteiger partial charge in [-0.25, -0.2) is 9.97 Å². The second kappa shape index (κ2) is 8.84. The number of hydrogen-bond donors (Lipinski definition) is 2. The number of rotatable bonds is 7. The average Bonchev–Trinajstić information content (AvgIpc) is 3.13. The van der Waals surface area contributed by atoms with Gasteiger partial charge in [0.15, 0.2) is 5.13 Å². The van der Waals surface area contributed by atoms with Crippen molar-refractivity contribution >= 4 is 39.6 Å². The van der Waals surface area contributed by atoms with E-state index in [0.717, 1.165) is 35.7 Å². The van der Waals surface area contributed by atoms with E-state index in [9.17, 15) is 4.79 Å². The van der Waals surface area contributed by atoms with Gasteiger partial charge in [0.2, 0.25) is 0 Å². The van der Waals surface area contributed by atoms with Gasteiger partial charge in [-0.1, -0.05) is 6.07 Å². The first-order valence-electron chi connectivity index (χ1n) is 9.33. The van der Waals surface area contributed by atoms with Crippen LogP contribution in [0.4, 0.5) is 22.3 Å². The summed E-state index contributed by atoms with van der Waals surface area (Å²) in [7, 11) is 0. The maximum absolute atomic E-state index is 12.6. The molecule has 0 fully saturated rings. The second-order valence-corrected chi connectivity index (χ2v) is 7.31. The Kier molecular flexibility index (Phi) is 6.26. The smallest absolute Gasteiger partial charge is 0.275 e. The van der Waals surface area contributed by atoms with Crippen molar-refractivity contribution in [3.05, 3.63) is 58.7 Å². The second-order valence-electron chi connectivity index (χ2n) is 6.45. The number of carbonyl (C=O) groups is 1. The summed E-state index contributed by atoms with van der Waals surface area (Å²) in [4.78, 5) is 23.6. The summed E-state index contributed by atoms with van der Waals surface area (Å²) in [5.41, 5.74) is 4.28. The van der Waals surface area contributed by atoms with E-state index in [1.807, 2.05) is 44.2 Å². The van der Waals surface area contributed by atoms with E-state index >= 15 is 0 Å². The third-order valence-electron chi connectivity index (χ3n) is 4.45. The maximum Gasteiger partial charge on any atom is 0.275 e. The van der Waals surface area contributed by atoms with Crippen LogP contribution in [0.3, 0.4) is 0 Å². The van der Waals surface area contributed by atoms with Gasteiger partial charge >= 0.3 is 0 Å². The number of carbonyl (C=O) groups excluding carboxylic acids is 1. The molecule has 0 aliphatic heterocycles. The van der Waals surface area contributed by atoms with Crippen LogP contribution in [0.5, 0.6) is 0 Å². The number of hydrogen-bond acceptors (Lipinski definition) is 6. The van der Waals surface area contributed by atoms with Crippen LogP contribution in [-0.4, -0.2) is 29.0 Å². The van der Waals surface area contributed by atoms with E-state index in [0.29, 0.717) is 16.6 Å². The van der Waals surface area contributed by atoms with Crippen molar-refractivity contribution in [3.63, 3.8) is 0 Å². The van der Waals surface area contributed by atoms with Crippen molar-refractivity contribution in [2.45, 2.75) is 27.7 Å². The number of aromatic nitrogens is 2. The molecule has 1 aromatic carbocycles. The largest absolute Gasteiger partial charge is 0.372 e. The van der Waals surface area contributed by atoms with Crippen LogP contribution in [0, 0.1) is 13.8 Å². The summed E-state index contributed by atoms with van der Waals surface area (Å²) in [5, 5.41) is 8.48. The highest BCUT2D eigenvalue weighted by Crippen LogP contribution is 2.24. The highest BCUT2D eigenvalue weighted by atomic mass is 32.1. The third-order valence-corrected chi connectivity index (χ3v) is 5.20. The zero-order valence-electron chi connectivity index (χ0n) is 16.6. The molecule has 6 nitrogen and oxygen atoms in total. The van der Waals surface area contributed by atoms with Gasteiger partial charge in [0.1, 0.15) is 11.5 Å². The molecule has 0 atom stereocenters. The summed E-state index contributed by atoms with van der Waals surface area (Å²) in [5.74, 6) is 0.490. The van der Waals surface area contributed by atoms with E-state index in [2.05, 4.69) is 45.4 Å². The van der Waals surface area contributed by atoms with Gasteiger partial charge < -0.3 is 15.5 Å². The molecule has 3 rings (SSSR count). The Balaban J connectivity index is 1.69. The predicted molar refractivity (Wildman–Crippen MR) is 117 cm³/mol. The van der Waals surface area contributed by atoms with Crippen molar-refractivity contribution in [2.75, 3.05) is 28.6 Å². The molecule has 0 saturated carbocycles. The zero-order valence-corrected chi connectivity index (χ0v) is 17.4. The molecule has 2 N–H and O–H groups in total. The van der Waals surface area contributed by atoms with Crippen LogP contribution >= 0.6 is 11.3 Å². The van der Waals surface area contributed by atoms with Gasteiger partial charge in [-0.2, -0.15) is 0 Å². The molecule has 0 radical (unpaired) electrons. The fourth-order valence-electron chi connectivity index (χ4n) is 2.92.